The van der Waals surface area contributed by atoms with Crippen molar-refractivity contribution in [1.29, 1.82) is 0 Å². The van der Waals surface area contributed by atoms with Crippen LogP contribution in [-0.4, -0.2) is 27.7 Å². The Bertz CT molecular complexity index is 856. The standard InChI is InChI=1S/C15H16N4O2S/c1-10-4-3-5-12(8-10)21-7-6-16-14-18-19-13(20)9-11(2)17-15(19)22-14/h3-5,8-9H,6-7H2,1-2H3,(H,16,18). The van der Waals surface area contributed by atoms with Gasteiger partial charge in [-0.1, -0.05) is 23.5 Å². The first-order valence-corrected chi connectivity index (χ1v) is 7.74. The molecule has 0 radical (unpaired) electrons. The van der Waals surface area contributed by atoms with E-state index in [1.807, 2.05) is 31.2 Å². The van der Waals surface area contributed by atoms with Crippen molar-refractivity contribution in [3.63, 3.8) is 0 Å². The Morgan fingerprint density at radius 2 is 2.18 bits per heavy atom. The Labute approximate surface area is 131 Å². The van der Waals surface area contributed by atoms with Gasteiger partial charge in [-0.25, -0.2) is 4.98 Å². The number of aromatic nitrogens is 3. The van der Waals surface area contributed by atoms with Crippen LogP contribution < -0.4 is 15.6 Å². The smallest absolute Gasteiger partial charge is 0.275 e. The third kappa shape index (κ3) is 3.25. The molecule has 6 nitrogen and oxygen atoms in total. The number of ether oxygens (including phenoxy) is 1. The van der Waals surface area contributed by atoms with Crippen LogP contribution in [0, 0.1) is 13.8 Å². The van der Waals surface area contributed by atoms with Gasteiger partial charge in [0.1, 0.15) is 12.4 Å². The summed E-state index contributed by atoms with van der Waals surface area (Å²) in [4.78, 5) is 16.7. The summed E-state index contributed by atoms with van der Waals surface area (Å²) in [6.45, 7) is 4.94. The van der Waals surface area contributed by atoms with Crippen molar-refractivity contribution in [2.45, 2.75) is 13.8 Å². The number of nitrogens with zero attached hydrogens (tertiary/aromatic N) is 3. The molecule has 3 aromatic rings. The lowest BCUT2D eigenvalue weighted by Gasteiger charge is -2.06. The highest BCUT2D eigenvalue weighted by atomic mass is 32.1. The molecule has 0 saturated carbocycles. The Balaban J connectivity index is 1.60. The highest BCUT2D eigenvalue weighted by molar-refractivity contribution is 7.20. The summed E-state index contributed by atoms with van der Waals surface area (Å²) in [6, 6.07) is 9.38. The zero-order chi connectivity index (χ0) is 15.5. The molecule has 0 amide bonds. The molecule has 7 heteroatoms. The molecule has 3 rings (SSSR count). The van der Waals surface area contributed by atoms with Gasteiger partial charge in [0.05, 0.1) is 6.54 Å². The largest absolute Gasteiger partial charge is 0.492 e. The normalized spacial score (nSPS) is 10.8. The van der Waals surface area contributed by atoms with E-state index in [0.29, 0.717) is 28.9 Å². The van der Waals surface area contributed by atoms with Crippen molar-refractivity contribution in [2.75, 3.05) is 18.5 Å². The quantitative estimate of drug-likeness (QED) is 0.731. The lowest BCUT2D eigenvalue weighted by atomic mass is 10.2. The second kappa shape index (κ2) is 6.15. The lowest BCUT2D eigenvalue weighted by Crippen LogP contribution is -2.15. The Hall–Kier alpha value is -2.41. The maximum Gasteiger partial charge on any atom is 0.275 e. The third-order valence-corrected chi connectivity index (χ3v) is 3.88. The number of fused-ring (bicyclic) bond motifs is 1. The molecular formula is C15H16N4O2S. The van der Waals surface area contributed by atoms with Crippen LogP contribution in [0.4, 0.5) is 5.13 Å². The lowest BCUT2D eigenvalue weighted by molar-refractivity contribution is 0.332. The second-order valence-electron chi connectivity index (χ2n) is 4.93. The molecule has 0 aliphatic rings. The van der Waals surface area contributed by atoms with Gasteiger partial charge in [0.2, 0.25) is 10.1 Å². The maximum absolute atomic E-state index is 11.8. The highest BCUT2D eigenvalue weighted by Crippen LogP contribution is 2.16. The minimum atomic E-state index is -0.164. The van der Waals surface area contributed by atoms with Crippen molar-refractivity contribution in [2.24, 2.45) is 0 Å². The van der Waals surface area contributed by atoms with E-state index in [4.69, 9.17) is 4.74 Å². The van der Waals surface area contributed by atoms with E-state index in [-0.39, 0.29) is 5.56 Å². The fourth-order valence-electron chi connectivity index (χ4n) is 2.02. The van der Waals surface area contributed by atoms with Gasteiger partial charge in [-0.2, -0.15) is 4.52 Å². The van der Waals surface area contributed by atoms with Crippen molar-refractivity contribution in [1.82, 2.24) is 14.6 Å². The van der Waals surface area contributed by atoms with Crippen LogP contribution in [0.2, 0.25) is 0 Å². The third-order valence-electron chi connectivity index (χ3n) is 3.01. The summed E-state index contributed by atoms with van der Waals surface area (Å²) in [5.41, 5.74) is 1.70. The predicted octanol–water partition coefficient (Wildman–Crippen LogP) is 2.26. The molecule has 0 bridgehead atoms. The number of rotatable bonds is 5. The summed E-state index contributed by atoms with van der Waals surface area (Å²) in [7, 11) is 0. The fourth-order valence-corrected chi connectivity index (χ4v) is 2.90. The first-order chi connectivity index (χ1) is 10.6. The van der Waals surface area contributed by atoms with Crippen LogP contribution in [0.15, 0.2) is 35.1 Å². The second-order valence-corrected chi connectivity index (χ2v) is 5.89. The van der Waals surface area contributed by atoms with Crippen LogP contribution in [0.25, 0.3) is 4.96 Å². The molecule has 0 aliphatic heterocycles. The van der Waals surface area contributed by atoms with Crippen LogP contribution in [0.5, 0.6) is 5.75 Å². The van der Waals surface area contributed by atoms with Crippen LogP contribution in [-0.2, 0) is 0 Å². The summed E-state index contributed by atoms with van der Waals surface area (Å²) in [5.74, 6) is 0.847. The highest BCUT2D eigenvalue weighted by Gasteiger charge is 2.06. The molecule has 2 heterocycles. The maximum atomic E-state index is 11.8. The summed E-state index contributed by atoms with van der Waals surface area (Å²) < 4.78 is 6.96. The Morgan fingerprint density at radius 3 is 3.00 bits per heavy atom. The van der Waals surface area contributed by atoms with Gasteiger partial charge >= 0.3 is 0 Å². The van der Waals surface area contributed by atoms with Gasteiger partial charge in [0.15, 0.2) is 0 Å². The Morgan fingerprint density at radius 1 is 1.32 bits per heavy atom. The number of aryl methyl sites for hydroxylation is 2. The number of hydrogen-bond acceptors (Lipinski definition) is 6. The van der Waals surface area contributed by atoms with Crippen molar-refractivity contribution >= 4 is 21.4 Å². The van der Waals surface area contributed by atoms with Crippen molar-refractivity contribution in [3.8, 4) is 5.75 Å². The van der Waals surface area contributed by atoms with E-state index in [0.717, 1.165) is 11.3 Å². The molecule has 2 aromatic heterocycles. The molecule has 22 heavy (non-hydrogen) atoms. The van der Waals surface area contributed by atoms with Crippen LogP contribution >= 0.6 is 11.3 Å². The number of benzene rings is 1. The van der Waals surface area contributed by atoms with Crippen molar-refractivity contribution in [3.05, 3.63) is 51.9 Å². The van der Waals surface area contributed by atoms with E-state index in [1.54, 1.807) is 6.92 Å². The molecular weight excluding hydrogens is 300 g/mol. The fraction of sp³-hybridized carbons (Fsp3) is 0.267. The van der Waals surface area contributed by atoms with Gasteiger partial charge < -0.3 is 10.1 Å². The molecule has 0 saturated heterocycles. The predicted molar refractivity (Wildman–Crippen MR) is 87.0 cm³/mol. The van der Waals surface area contributed by atoms with Gasteiger partial charge in [0.25, 0.3) is 5.56 Å². The molecule has 0 spiro atoms. The minimum absolute atomic E-state index is 0.164. The zero-order valence-electron chi connectivity index (χ0n) is 12.4. The van der Waals surface area contributed by atoms with Crippen molar-refractivity contribution < 1.29 is 4.74 Å². The molecule has 114 valence electrons. The van der Waals surface area contributed by atoms with E-state index in [1.165, 1.54) is 21.9 Å². The number of anilines is 1. The van der Waals surface area contributed by atoms with Gasteiger partial charge in [-0.05, 0) is 31.5 Å². The van der Waals surface area contributed by atoms with E-state index >= 15 is 0 Å². The first kappa shape index (κ1) is 14.5. The van der Waals surface area contributed by atoms with Gasteiger partial charge in [-0.3, -0.25) is 4.79 Å². The molecule has 1 N–H and O–H groups in total. The zero-order valence-corrected chi connectivity index (χ0v) is 13.2. The topological polar surface area (TPSA) is 68.5 Å². The molecule has 1 aromatic carbocycles. The molecule has 0 unspecified atom stereocenters. The van der Waals surface area contributed by atoms with Gasteiger partial charge in [-0.15, -0.1) is 5.10 Å². The van der Waals surface area contributed by atoms with Gasteiger partial charge in [0, 0.05) is 11.8 Å². The van der Waals surface area contributed by atoms with E-state index < -0.39 is 0 Å². The van der Waals surface area contributed by atoms with Crippen LogP contribution in [0.1, 0.15) is 11.3 Å². The molecule has 0 atom stereocenters. The average molecular weight is 316 g/mol. The molecule has 0 fully saturated rings. The number of hydrogen-bond donors (Lipinski definition) is 1. The summed E-state index contributed by atoms with van der Waals surface area (Å²) in [5, 5.41) is 8.01. The summed E-state index contributed by atoms with van der Waals surface area (Å²) in [6.07, 6.45) is 0. The SMILES string of the molecule is Cc1cccc(OCCNc2nn3c(=O)cc(C)nc3s2)c1. The van der Waals surface area contributed by atoms with E-state index in [9.17, 15) is 4.79 Å². The minimum Gasteiger partial charge on any atom is -0.492 e. The molecule has 0 aliphatic carbocycles. The first-order valence-electron chi connectivity index (χ1n) is 6.93. The van der Waals surface area contributed by atoms with Crippen LogP contribution in [0.3, 0.4) is 0 Å². The summed E-state index contributed by atoms with van der Waals surface area (Å²) >= 11 is 1.35. The van der Waals surface area contributed by atoms with E-state index in [2.05, 4.69) is 15.4 Å². The monoisotopic (exact) mass is 316 g/mol. The average Bonchev–Trinajstić information content (AvgIpc) is 2.87. The Kier molecular flexibility index (Phi) is 4.06. The number of nitrogens with one attached hydrogen (secondary N) is 1.